The molecule has 3 aromatic rings. The molecule has 0 atom stereocenters. The molecule has 0 aliphatic rings. The van der Waals surface area contributed by atoms with Gasteiger partial charge >= 0.3 is 5.63 Å². The van der Waals surface area contributed by atoms with Crippen LogP contribution in [0.25, 0.3) is 11.0 Å². The summed E-state index contributed by atoms with van der Waals surface area (Å²) in [5.41, 5.74) is 3.27. The van der Waals surface area contributed by atoms with Crippen molar-refractivity contribution in [2.24, 2.45) is 5.10 Å². The Labute approximate surface area is 143 Å². The second-order valence-corrected chi connectivity index (χ2v) is 5.23. The molecule has 0 radical (unpaired) electrons. The quantitative estimate of drug-likeness (QED) is 0.448. The molecule has 7 heteroatoms. The monoisotopic (exact) mass is 337 g/mol. The number of pyridine rings is 1. The van der Waals surface area contributed by atoms with Gasteiger partial charge in [0.1, 0.15) is 11.3 Å². The molecule has 0 fully saturated rings. The van der Waals surface area contributed by atoms with Crippen molar-refractivity contribution in [1.29, 1.82) is 0 Å². The van der Waals surface area contributed by atoms with E-state index in [0.717, 1.165) is 0 Å². The molecule has 0 aliphatic carbocycles. The molecule has 7 nitrogen and oxygen atoms in total. The van der Waals surface area contributed by atoms with Crippen molar-refractivity contribution < 1.29 is 13.9 Å². The molecule has 1 aromatic carbocycles. The van der Waals surface area contributed by atoms with Crippen LogP contribution in [0.5, 0.6) is 5.75 Å². The van der Waals surface area contributed by atoms with Gasteiger partial charge in [-0.3, -0.25) is 9.78 Å². The summed E-state index contributed by atoms with van der Waals surface area (Å²) in [6.07, 6.45) is 3.00. The highest BCUT2D eigenvalue weighted by Gasteiger charge is 2.10. The third-order valence-electron chi connectivity index (χ3n) is 3.58. The fourth-order valence-corrected chi connectivity index (χ4v) is 2.24. The van der Waals surface area contributed by atoms with Gasteiger partial charge in [0.2, 0.25) is 0 Å². The molecule has 2 aromatic heterocycles. The van der Waals surface area contributed by atoms with Crippen LogP contribution in [-0.2, 0) is 0 Å². The van der Waals surface area contributed by atoms with E-state index in [1.807, 2.05) is 0 Å². The number of amides is 1. The number of rotatable bonds is 4. The summed E-state index contributed by atoms with van der Waals surface area (Å²) in [4.78, 5) is 28.0. The van der Waals surface area contributed by atoms with Crippen LogP contribution in [0, 0.1) is 0 Å². The normalized spacial score (nSPS) is 11.4. The average molecular weight is 337 g/mol. The summed E-state index contributed by atoms with van der Waals surface area (Å²) >= 11 is 0. The van der Waals surface area contributed by atoms with E-state index in [2.05, 4.69) is 15.5 Å². The maximum Gasteiger partial charge on any atom is 0.345 e. The van der Waals surface area contributed by atoms with E-state index < -0.39 is 11.5 Å². The Morgan fingerprint density at radius 3 is 2.84 bits per heavy atom. The number of hydrogen-bond donors (Lipinski definition) is 1. The maximum atomic E-state index is 12.1. The summed E-state index contributed by atoms with van der Waals surface area (Å²) in [5, 5.41) is 4.68. The minimum Gasteiger partial charge on any atom is -0.497 e. The Balaban J connectivity index is 1.90. The van der Waals surface area contributed by atoms with Crippen LogP contribution in [0.4, 0.5) is 0 Å². The second-order valence-electron chi connectivity index (χ2n) is 5.23. The van der Waals surface area contributed by atoms with Gasteiger partial charge in [0.05, 0.1) is 23.9 Å². The van der Waals surface area contributed by atoms with E-state index in [9.17, 15) is 9.59 Å². The smallest absolute Gasteiger partial charge is 0.345 e. The maximum absolute atomic E-state index is 12.1. The van der Waals surface area contributed by atoms with E-state index in [0.29, 0.717) is 28.0 Å². The highest BCUT2D eigenvalue weighted by atomic mass is 16.5. The number of carbonyl (C=O) groups is 1. The van der Waals surface area contributed by atoms with Gasteiger partial charge in [-0.1, -0.05) is 0 Å². The van der Waals surface area contributed by atoms with Crippen molar-refractivity contribution in [3.05, 3.63) is 70.3 Å². The predicted octanol–water partition coefficient (Wildman–Crippen LogP) is 2.35. The number of methoxy groups -OCH3 is 1. The van der Waals surface area contributed by atoms with Gasteiger partial charge in [-0.15, -0.1) is 0 Å². The number of hydrogen-bond acceptors (Lipinski definition) is 6. The summed E-state index contributed by atoms with van der Waals surface area (Å²) in [7, 11) is 1.56. The zero-order valence-electron chi connectivity index (χ0n) is 13.6. The lowest BCUT2D eigenvalue weighted by Crippen LogP contribution is -2.21. The van der Waals surface area contributed by atoms with Crippen molar-refractivity contribution in [3.8, 4) is 5.75 Å². The SMILES string of the molecule is COc1ccc2oc(=O)c(/C(C)=N/NC(=O)c3cccnc3)cc2c1. The lowest BCUT2D eigenvalue weighted by Gasteiger charge is -2.05. The topological polar surface area (TPSA) is 93.8 Å². The molecule has 1 N–H and O–H groups in total. The number of carbonyl (C=O) groups excluding carboxylic acids is 1. The third kappa shape index (κ3) is 3.55. The van der Waals surface area contributed by atoms with Crippen LogP contribution in [0.15, 0.2) is 63.1 Å². The van der Waals surface area contributed by atoms with E-state index in [4.69, 9.17) is 9.15 Å². The lowest BCUT2D eigenvalue weighted by molar-refractivity contribution is 0.0954. The molecule has 2 heterocycles. The molecule has 0 saturated carbocycles. The van der Waals surface area contributed by atoms with Crippen LogP contribution >= 0.6 is 0 Å². The molecule has 3 rings (SSSR count). The zero-order valence-corrected chi connectivity index (χ0v) is 13.6. The second kappa shape index (κ2) is 6.96. The van der Waals surface area contributed by atoms with Crippen molar-refractivity contribution >= 4 is 22.6 Å². The predicted molar refractivity (Wildman–Crippen MR) is 93.0 cm³/mol. The Hall–Kier alpha value is -3.48. The fraction of sp³-hybridized carbons (Fsp3) is 0.111. The number of nitrogens with zero attached hydrogens (tertiary/aromatic N) is 2. The number of ether oxygens (including phenoxy) is 1. The standard InChI is InChI=1S/C18H15N3O4/c1-11(20-21-17(22)12-4-3-7-19-10-12)15-9-13-8-14(24-2)5-6-16(13)25-18(15)23/h3-10H,1-2H3,(H,21,22)/b20-11+. The zero-order chi connectivity index (χ0) is 17.8. The van der Waals surface area contributed by atoms with Crippen LogP contribution < -0.4 is 15.8 Å². The van der Waals surface area contributed by atoms with Gasteiger partial charge in [0.25, 0.3) is 5.91 Å². The average Bonchev–Trinajstić information content (AvgIpc) is 2.65. The minimum absolute atomic E-state index is 0.257. The van der Waals surface area contributed by atoms with Crippen molar-refractivity contribution in [3.63, 3.8) is 0 Å². The Morgan fingerprint density at radius 2 is 2.12 bits per heavy atom. The molecule has 0 saturated heterocycles. The molecule has 126 valence electrons. The molecule has 0 aliphatic heterocycles. The first-order valence-corrected chi connectivity index (χ1v) is 7.45. The molecular formula is C18H15N3O4. The van der Waals surface area contributed by atoms with Crippen LogP contribution in [0.2, 0.25) is 0 Å². The number of fused-ring (bicyclic) bond motifs is 1. The van der Waals surface area contributed by atoms with Gasteiger partial charge in [-0.05, 0) is 43.3 Å². The third-order valence-corrected chi connectivity index (χ3v) is 3.58. The van der Waals surface area contributed by atoms with E-state index in [-0.39, 0.29) is 5.56 Å². The van der Waals surface area contributed by atoms with Gasteiger partial charge in [-0.25, -0.2) is 10.2 Å². The Kier molecular flexibility index (Phi) is 4.56. The Morgan fingerprint density at radius 1 is 1.28 bits per heavy atom. The van der Waals surface area contributed by atoms with Crippen LogP contribution in [0.3, 0.4) is 0 Å². The molecule has 0 spiro atoms. The first-order valence-electron chi connectivity index (χ1n) is 7.45. The van der Waals surface area contributed by atoms with Crippen LogP contribution in [0.1, 0.15) is 22.8 Å². The van der Waals surface area contributed by atoms with Crippen molar-refractivity contribution in [2.45, 2.75) is 6.92 Å². The van der Waals surface area contributed by atoms with E-state index in [1.165, 1.54) is 6.20 Å². The first kappa shape index (κ1) is 16.4. The summed E-state index contributed by atoms with van der Waals surface area (Å²) in [6.45, 7) is 1.61. The summed E-state index contributed by atoms with van der Waals surface area (Å²) < 4.78 is 10.5. The number of benzene rings is 1. The lowest BCUT2D eigenvalue weighted by atomic mass is 10.1. The van der Waals surface area contributed by atoms with Crippen molar-refractivity contribution in [1.82, 2.24) is 10.4 Å². The van der Waals surface area contributed by atoms with Gasteiger partial charge in [0.15, 0.2) is 0 Å². The van der Waals surface area contributed by atoms with Crippen LogP contribution in [-0.4, -0.2) is 23.7 Å². The molecule has 0 unspecified atom stereocenters. The molecule has 0 bridgehead atoms. The van der Waals surface area contributed by atoms with Gasteiger partial charge in [0, 0.05) is 17.8 Å². The molecule has 25 heavy (non-hydrogen) atoms. The van der Waals surface area contributed by atoms with E-state index >= 15 is 0 Å². The first-order chi connectivity index (χ1) is 12.1. The summed E-state index contributed by atoms with van der Waals surface area (Å²) in [5.74, 6) is 0.228. The fourth-order valence-electron chi connectivity index (χ4n) is 2.24. The van der Waals surface area contributed by atoms with Gasteiger partial charge < -0.3 is 9.15 Å². The minimum atomic E-state index is -0.533. The highest BCUT2D eigenvalue weighted by molar-refractivity contribution is 6.02. The summed E-state index contributed by atoms with van der Waals surface area (Å²) in [6, 6.07) is 10.0. The van der Waals surface area contributed by atoms with E-state index in [1.54, 1.807) is 56.6 Å². The molecule has 1 amide bonds. The Bertz CT molecular complexity index is 1010. The molecular weight excluding hydrogens is 322 g/mol. The largest absolute Gasteiger partial charge is 0.497 e. The highest BCUT2D eigenvalue weighted by Crippen LogP contribution is 2.20. The number of hydrazone groups is 1. The number of aromatic nitrogens is 1. The van der Waals surface area contributed by atoms with Gasteiger partial charge in [-0.2, -0.15) is 5.10 Å². The van der Waals surface area contributed by atoms with Crippen molar-refractivity contribution in [2.75, 3.05) is 7.11 Å². The number of nitrogens with one attached hydrogen (secondary N) is 1.